The summed E-state index contributed by atoms with van der Waals surface area (Å²) >= 11 is 0. The molecule has 166 valence electrons. The number of carbonyl (C=O) groups is 2. The molecule has 6 heteroatoms. The fourth-order valence-corrected chi connectivity index (χ4v) is 3.02. The minimum Gasteiger partial charge on any atom is -0.489 e. The lowest BCUT2D eigenvalue weighted by atomic mass is 9.96. The van der Waals surface area contributed by atoms with Crippen molar-refractivity contribution in [2.45, 2.75) is 45.3 Å². The van der Waals surface area contributed by atoms with Gasteiger partial charge in [-0.3, -0.25) is 0 Å². The number of hydrogen-bond acceptors (Lipinski definition) is 6. The monoisotopic (exact) mass is 426 g/mol. The van der Waals surface area contributed by atoms with E-state index in [9.17, 15) is 14.7 Å². The third-order valence-electron chi connectivity index (χ3n) is 4.74. The van der Waals surface area contributed by atoms with E-state index in [4.69, 9.17) is 14.2 Å². The number of ether oxygens (including phenoxy) is 3. The maximum absolute atomic E-state index is 12.1. The zero-order valence-electron chi connectivity index (χ0n) is 18.7. The number of methoxy groups -OCH3 is 2. The van der Waals surface area contributed by atoms with Gasteiger partial charge in [-0.25, -0.2) is 9.59 Å². The van der Waals surface area contributed by atoms with E-state index in [0.717, 1.165) is 17.5 Å². The molecule has 0 aliphatic heterocycles. The molecule has 1 atom stereocenters. The zero-order chi connectivity index (χ0) is 23.0. The Morgan fingerprint density at radius 2 is 1.71 bits per heavy atom. The summed E-state index contributed by atoms with van der Waals surface area (Å²) in [5.41, 5.74) is 1.30. The zero-order valence-corrected chi connectivity index (χ0v) is 18.7. The van der Waals surface area contributed by atoms with Crippen LogP contribution in [0.15, 0.2) is 54.6 Å². The highest BCUT2D eigenvalue weighted by Gasteiger charge is 2.19. The van der Waals surface area contributed by atoms with Crippen molar-refractivity contribution in [1.29, 1.82) is 0 Å². The summed E-state index contributed by atoms with van der Waals surface area (Å²) in [5, 5.41) is 9.79. The van der Waals surface area contributed by atoms with Crippen molar-refractivity contribution in [3.05, 3.63) is 76.9 Å². The Morgan fingerprint density at radius 1 is 1.03 bits per heavy atom. The van der Waals surface area contributed by atoms with E-state index in [0.29, 0.717) is 5.75 Å². The second-order valence-corrected chi connectivity index (χ2v) is 7.92. The average Bonchev–Trinajstić information content (AvgIpc) is 2.75. The van der Waals surface area contributed by atoms with E-state index >= 15 is 0 Å². The van der Waals surface area contributed by atoms with E-state index in [1.54, 1.807) is 32.1 Å². The Morgan fingerprint density at radius 3 is 2.35 bits per heavy atom. The highest BCUT2D eigenvalue weighted by atomic mass is 16.5. The van der Waals surface area contributed by atoms with Gasteiger partial charge in [-0.05, 0) is 61.6 Å². The first-order valence-electron chi connectivity index (χ1n) is 10.1. The fourth-order valence-electron chi connectivity index (χ4n) is 3.02. The van der Waals surface area contributed by atoms with Crippen molar-refractivity contribution in [2.75, 3.05) is 14.2 Å². The molecule has 2 rings (SSSR count). The number of allylic oxidation sites excluding steroid dienone is 1. The molecular weight excluding hydrogens is 396 g/mol. The van der Waals surface area contributed by atoms with Gasteiger partial charge in [-0.15, -0.1) is 0 Å². The Bertz CT molecular complexity index is 939. The minimum atomic E-state index is -0.822. The standard InChI is InChI=1S/C25H30O6/c1-17(8-7-13-25(2,3)28)19-9-6-10-20(15-19)31-16-18-11-12-21(23(26)29-4)22(14-18)24(27)30-5/h6-7,9-15,17,28H,8,16H2,1-5H3. The molecule has 0 aromatic heterocycles. The maximum atomic E-state index is 12.1. The van der Waals surface area contributed by atoms with Crippen LogP contribution >= 0.6 is 0 Å². The van der Waals surface area contributed by atoms with Gasteiger partial charge < -0.3 is 19.3 Å². The van der Waals surface area contributed by atoms with Gasteiger partial charge in [0.1, 0.15) is 12.4 Å². The molecule has 2 aromatic rings. The van der Waals surface area contributed by atoms with Crippen molar-refractivity contribution in [3.63, 3.8) is 0 Å². The van der Waals surface area contributed by atoms with Gasteiger partial charge in [-0.1, -0.05) is 37.3 Å². The number of esters is 2. The first kappa shape index (κ1) is 24.2. The predicted molar refractivity (Wildman–Crippen MR) is 118 cm³/mol. The van der Waals surface area contributed by atoms with Gasteiger partial charge in [0.2, 0.25) is 0 Å². The van der Waals surface area contributed by atoms with Crippen LogP contribution in [0.3, 0.4) is 0 Å². The van der Waals surface area contributed by atoms with Gasteiger partial charge in [0.25, 0.3) is 0 Å². The highest BCUT2D eigenvalue weighted by Crippen LogP contribution is 2.25. The van der Waals surface area contributed by atoms with E-state index < -0.39 is 17.5 Å². The molecule has 0 aliphatic rings. The summed E-state index contributed by atoms with van der Waals surface area (Å²) in [4.78, 5) is 24.0. The van der Waals surface area contributed by atoms with E-state index in [-0.39, 0.29) is 23.7 Å². The SMILES string of the molecule is COC(=O)c1ccc(COc2cccc(C(C)CC=CC(C)(C)O)c2)cc1C(=O)OC. The largest absolute Gasteiger partial charge is 0.489 e. The fraction of sp³-hybridized carbons (Fsp3) is 0.360. The van der Waals surface area contributed by atoms with Crippen LogP contribution in [0.2, 0.25) is 0 Å². The lowest BCUT2D eigenvalue weighted by Gasteiger charge is -2.14. The van der Waals surface area contributed by atoms with E-state index in [1.807, 2.05) is 30.3 Å². The quantitative estimate of drug-likeness (QED) is 0.464. The van der Waals surface area contributed by atoms with Crippen molar-refractivity contribution in [2.24, 2.45) is 0 Å². The Balaban J connectivity index is 2.11. The molecule has 0 radical (unpaired) electrons. The molecule has 2 aromatic carbocycles. The number of hydrogen-bond donors (Lipinski definition) is 1. The van der Waals surface area contributed by atoms with Gasteiger partial charge >= 0.3 is 11.9 Å². The molecule has 1 unspecified atom stereocenters. The minimum absolute atomic E-state index is 0.136. The first-order chi connectivity index (χ1) is 14.6. The summed E-state index contributed by atoms with van der Waals surface area (Å²) in [6.07, 6.45) is 4.57. The predicted octanol–water partition coefficient (Wildman–Crippen LogP) is 4.66. The van der Waals surface area contributed by atoms with Gasteiger partial charge in [0, 0.05) is 0 Å². The van der Waals surface area contributed by atoms with Crippen LogP contribution in [0.4, 0.5) is 0 Å². The van der Waals surface area contributed by atoms with Crippen LogP contribution in [0.25, 0.3) is 0 Å². The smallest absolute Gasteiger partial charge is 0.338 e. The van der Waals surface area contributed by atoms with E-state index in [1.165, 1.54) is 20.3 Å². The van der Waals surface area contributed by atoms with Crippen LogP contribution in [0.5, 0.6) is 5.75 Å². The third-order valence-corrected chi connectivity index (χ3v) is 4.74. The second kappa shape index (κ2) is 10.8. The highest BCUT2D eigenvalue weighted by molar-refractivity contribution is 6.03. The third kappa shape index (κ3) is 7.26. The number of carbonyl (C=O) groups excluding carboxylic acids is 2. The lowest BCUT2D eigenvalue weighted by Crippen LogP contribution is -2.13. The molecule has 1 N–H and O–H groups in total. The molecule has 31 heavy (non-hydrogen) atoms. The molecule has 0 saturated heterocycles. The van der Waals surface area contributed by atoms with Crippen LogP contribution in [0, 0.1) is 0 Å². The average molecular weight is 427 g/mol. The topological polar surface area (TPSA) is 82.1 Å². The lowest BCUT2D eigenvalue weighted by molar-refractivity contribution is 0.0555. The Kier molecular flexibility index (Phi) is 8.39. The van der Waals surface area contributed by atoms with Gasteiger partial charge in [0.15, 0.2) is 0 Å². The Hall–Kier alpha value is -3.12. The molecular formula is C25H30O6. The summed E-state index contributed by atoms with van der Waals surface area (Å²) in [6.45, 7) is 5.82. The molecule has 0 spiro atoms. The van der Waals surface area contributed by atoms with Crippen LogP contribution < -0.4 is 4.74 Å². The number of benzene rings is 2. The summed E-state index contributed by atoms with van der Waals surface area (Å²) in [7, 11) is 2.52. The normalized spacial score (nSPS) is 12.5. The van der Waals surface area contributed by atoms with Crippen molar-refractivity contribution < 1.29 is 28.9 Å². The molecule has 6 nitrogen and oxygen atoms in total. The van der Waals surface area contributed by atoms with Gasteiger partial charge in [0.05, 0.1) is 30.9 Å². The first-order valence-corrected chi connectivity index (χ1v) is 10.1. The maximum Gasteiger partial charge on any atom is 0.338 e. The number of aliphatic hydroxyl groups is 1. The number of rotatable bonds is 9. The van der Waals surface area contributed by atoms with Crippen LogP contribution in [0.1, 0.15) is 65.0 Å². The molecule has 0 saturated carbocycles. The summed E-state index contributed by atoms with van der Waals surface area (Å²) in [6, 6.07) is 12.6. The van der Waals surface area contributed by atoms with Crippen molar-refractivity contribution >= 4 is 11.9 Å². The molecule has 0 heterocycles. The van der Waals surface area contributed by atoms with Gasteiger partial charge in [-0.2, -0.15) is 0 Å². The molecule has 0 fully saturated rings. The van der Waals surface area contributed by atoms with Crippen molar-refractivity contribution in [3.8, 4) is 5.75 Å². The molecule has 0 aliphatic carbocycles. The van der Waals surface area contributed by atoms with Crippen molar-refractivity contribution in [1.82, 2.24) is 0 Å². The second-order valence-electron chi connectivity index (χ2n) is 7.92. The molecule has 0 bridgehead atoms. The summed E-state index contributed by atoms with van der Waals surface area (Å²) in [5.74, 6) is -0.259. The van der Waals surface area contributed by atoms with E-state index in [2.05, 4.69) is 6.92 Å². The summed E-state index contributed by atoms with van der Waals surface area (Å²) < 4.78 is 15.4. The van der Waals surface area contributed by atoms with Crippen LogP contribution in [-0.4, -0.2) is 36.9 Å². The van der Waals surface area contributed by atoms with Crippen LogP contribution in [-0.2, 0) is 16.1 Å². The Labute approximate surface area is 183 Å². The molecule has 0 amide bonds.